The molecule has 0 unspecified atom stereocenters. The van der Waals surface area contributed by atoms with Crippen molar-refractivity contribution in [1.82, 2.24) is 0 Å². The first-order chi connectivity index (χ1) is 5.95. The molecule has 0 bridgehead atoms. The fraction of sp³-hybridized carbons (Fsp3) is 0.400. The number of halogens is 1. The van der Waals surface area contributed by atoms with Crippen LogP contribution >= 0.6 is 0 Å². The summed E-state index contributed by atoms with van der Waals surface area (Å²) in [5.41, 5.74) is 0. The van der Waals surface area contributed by atoms with E-state index in [1.54, 1.807) is 7.11 Å². The van der Waals surface area contributed by atoms with E-state index in [9.17, 15) is 4.39 Å². The van der Waals surface area contributed by atoms with Crippen LogP contribution in [-0.4, -0.2) is 25.5 Å². The molecule has 0 aliphatic rings. The minimum absolute atomic E-state index is 0.109. The third-order valence-corrected chi connectivity index (χ3v) is 7.75. The first-order valence-electron chi connectivity index (χ1n) is 4.29. The van der Waals surface area contributed by atoms with E-state index in [2.05, 4.69) is 14.8 Å². The van der Waals surface area contributed by atoms with E-state index in [0.29, 0.717) is 5.75 Å². The topological polar surface area (TPSA) is 9.23 Å². The molecular weight excluding hydrogens is 274 g/mol. The molecule has 0 saturated carbocycles. The van der Waals surface area contributed by atoms with Crippen molar-refractivity contribution in [2.45, 2.75) is 14.8 Å². The maximum absolute atomic E-state index is 13.5. The van der Waals surface area contributed by atoms with Gasteiger partial charge in [0.15, 0.2) is 0 Å². The maximum atomic E-state index is 13.5. The Morgan fingerprint density at radius 2 is 1.85 bits per heavy atom. The van der Waals surface area contributed by atoms with Crippen LogP contribution in [0.15, 0.2) is 18.2 Å². The summed E-state index contributed by atoms with van der Waals surface area (Å²) in [6, 6.07) is 5.17. The molecule has 0 radical (unpaired) electrons. The summed E-state index contributed by atoms with van der Waals surface area (Å²) in [5.74, 6) is 0.486. The molecule has 1 nitrogen and oxygen atoms in total. The van der Waals surface area contributed by atoms with Crippen molar-refractivity contribution in [3.8, 4) is 5.75 Å². The molecular formula is C10H15FOSn. The van der Waals surface area contributed by atoms with Gasteiger partial charge in [-0.15, -0.1) is 0 Å². The van der Waals surface area contributed by atoms with Gasteiger partial charge in [0.2, 0.25) is 0 Å². The van der Waals surface area contributed by atoms with E-state index in [1.807, 2.05) is 12.1 Å². The summed E-state index contributed by atoms with van der Waals surface area (Å²) in [4.78, 5) is 6.58. The van der Waals surface area contributed by atoms with Gasteiger partial charge in [-0.1, -0.05) is 0 Å². The van der Waals surface area contributed by atoms with Crippen LogP contribution in [0.5, 0.6) is 5.75 Å². The average molecular weight is 289 g/mol. The second-order valence-electron chi connectivity index (χ2n) is 4.10. The Balaban J connectivity index is 3.13. The number of benzene rings is 1. The van der Waals surface area contributed by atoms with Gasteiger partial charge >= 0.3 is 82.8 Å². The molecule has 3 heteroatoms. The van der Waals surface area contributed by atoms with Crippen molar-refractivity contribution in [2.24, 2.45) is 0 Å². The van der Waals surface area contributed by atoms with E-state index in [1.165, 1.54) is 6.07 Å². The van der Waals surface area contributed by atoms with Gasteiger partial charge in [-0.3, -0.25) is 0 Å². The Kier molecular flexibility index (Phi) is 3.22. The minimum atomic E-state index is -2.25. The van der Waals surface area contributed by atoms with E-state index < -0.39 is 18.4 Å². The van der Waals surface area contributed by atoms with Gasteiger partial charge in [0, 0.05) is 0 Å². The first-order valence-corrected chi connectivity index (χ1v) is 14.3. The summed E-state index contributed by atoms with van der Waals surface area (Å²) in [6.07, 6.45) is 0. The molecule has 72 valence electrons. The van der Waals surface area contributed by atoms with Gasteiger partial charge < -0.3 is 0 Å². The summed E-state index contributed by atoms with van der Waals surface area (Å²) in [5, 5.41) is 0. The van der Waals surface area contributed by atoms with E-state index in [0.717, 1.165) is 3.58 Å². The molecule has 1 aromatic carbocycles. The average Bonchev–Trinajstić information content (AvgIpc) is 2.01. The quantitative estimate of drug-likeness (QED) is 0.760. The van der Waals surface area contributed by atoms with Gasteiger partial charge in [0.25, 0.3) is 0 Å². The molecule has 0 heterocycles. The van der Waals surface area contributed by atoms with Gasteiger partial charge in [0.1, 0.15) is 0 Å². The van der Waals surface area contributed by atoms with Gasteiger partial charge in [0.05, 0.1) is 0 Å². The van der Waals surface area contributed by atoms with Crippen LogP contribution in [0.2, 0.25) is 14.8 Å². The SMILES string of the molecule is COc1cc[c]([Sn]([CH3])([CH3])[CH3])c(F)c1. The van der Waals surface area contributed by atoms with Crippen molar-refractivity contribution in [3.05, 3.63) is 24.0 Å². The molecule has 0 amide bonds. The second kappa shape index (κ2) is 3.86. The zero-order valence-electron chi connectivity index (χ0n) is 8.52. The van der Waals surface area contributed by atoms with Crippen LogP contribution in [0.1, 0.15) is 0 Å². The number of methoxy groups -OCH3 is 1. The van der Waals surface area contributed by atoms with Crippen molar-refractivity contribution < 1.29 is 9.13 Å². The molecule has 0 fully saturated rings. The summed E-state index contributed by atoms with van der Waals surface area (Å²) in [6.45, 7) is 0. The Labute approximate surface area is 82.8 Å². The number of rotatable bonds is 2. The summed E-state index contributed by atoms with van der Waals surface area (Å²) < 4.78 is 19.4. The third-order valence-electron chi connectivity index (χ3n) is 1.98. The molecule has 0 spiro atoms. The van der Waals surface area contributed by atoms with Crippen LogP contribution in [0.4, 0.5) is 4.39 Å². The molecule has 0 aliphatic carbocycles. The number of ether oxygens (including phenoxy) is 1. The number of hydrogen-bond acceptors (Lipinski definition) is 1. The molecule has 13 heavy (non-hydrogen) atoms. The molecule has 1 rings (SSSR count). The third kappa shape index (κ3) is 2.59. The van der Waals surface area contributed by atoms with E-state index in [4.69, 9.17) is 4.74 Å². The predicted molar refractivity (Wildman–Crippen MR) is 55.9 cm³/mol. The van der Waals surface area contributed by atoms with Crippen molar-refractivity contribution in [3.63, 3.8) is 0 Å². The van der Waals surface area contributed by atoms with Crippen molar-refractivity contribution in [2.75, 3.05) is 7.11 Å². The van der Waals surface area contributed by atoms with Crippen molar-refractivity contribution in [1.29, 1.82) is 0 Å². The number of hydrogen-bond donors (Lipinski definition) is 0. The van der Waals surface area contributed by atoms with Gasteiger partial charge in [-0.2, -0.15) is 0 Å². The summed E-state index contributed by atoms with van der Waals surface area (Å²) in [7, 11) is 1.55. The molecule has 0 aliphatic heterocycles. The van der Waals surface area contributed by atoms with Crippen LogP contribution in [0, 0.1) is 5.82 Å². The zero-order chi connectivity index (χ0) is 10.1. The van der Waals surface area contributed by atoms with Crippen LogP contribution in [0.3, 0.4) is 0 Å². The Morgan fingerprint density at radius 1 is 1.23 bits per heavy atom. The first kappa shape index (κ1) is 10.8. The normalized spacial score (nSPS) is 11.5. The van der Waals surface area contributed by atoms with Crippen molar-refractivity contribution >= 4 is 22.0 Å². The van der Waals surface area contributed by atoms with Crippen LogP contribution in [-0.2, 0) is 0 Å². The Hall–Kier alpha value is -0.251. The standard InChI is InChI=1S/C7H6FO.3CH3.Sn/c1-9-7-4-2-3-6(8)5-7;;;;/h2,4-5H,1H3;3*1H3;. The second-order valence-corrected chi connectivity index (χ2v) is 18.5. The summed E-state index contributed by atoms with van der Waals surface area (Å²) >= 11 is -2.25. The van der Waals surface area contributed by atoms with Gasteiger partial charge in [-0.05, 0) is 0 Å². The van der Waals surface area contributed by atoms with Crippen LogP contribution in [0.25, 0.3) is 0 Å². The van der Waals surface area contributed by atoms with E-state index >= 15 is 0 Å². The zero-order valence-corrected chi connectivity index (χ0v) is 11.4. The molecule has 0 saturated heterocycles. The monoisotopic (exact) mass is 290 g/mol. The van der Waals surface area contributed by atoms with E-state index in [-0.39, 0.29) is 5.82 Å². The fourth-order valence-electron chi connectivity index (χ4n) is 1.23. The molecule has 0 aromatic heterocycles. The molecule has 0 atom stereocenters. The fourth-order valence-corrected chi connectivity index (χ4v) is 5.15. The Morgan fingerprint density at radius 3 is 2.23 bits per heavy atom. The Bertz CT molecular complexity index is 304. The molecule has 0 N–H and O–H groups in total. The van der Waals surface area contributed by atoms with Crippen LogP contribution < -0.4 is 8.32 Å². The predicted octanol–water partition coefficient (Wildman–Crippen LogP) is 2.38. The van der Waals surface area contributed by atoms with Gasteiger partial charge in [-0.25, -0.2) is 0 Å². The molecule has 1 aromatic rings.